The van der Waals surface area contributed by atoms with Crippen LogP contribution >= 0.6 is 0 Å². The van der Waals surface area contributed by atoms with Crippen LogP contribution in [-0.2, 0) is 10.3 Å². The van der Waals surface area contributed by atoms with E-state index in [-0.39, 0.29) is 17.2 Å². The standard InChI is InChI=1S/C20H21F3N4O2/c21-20(22,23)29-16-3-1-15(2-4-16)26-17(28)18-6-13-5-14(7-18)9-19(8-13,10-18)27-12-24-11-25-27/h1-4,11-14H,5-10H2,(H,26,28). The van der Waals surface area contributed by atoms with Gasteiger partial charge in [-0.05, 0) is 74.6 Å². The Morgan fingerprint density at radius 1 is 1.14 bits per heavy atom. The number of hydrogen-bond donors (Lipinski definition) is 1. The fourth-order valence-corrected chi connectivity index (χ4v) is 6.20. The van der Waals surface area contributed by atoms with Gasteiger partial charge in [-0.1, -0.05) is 0 Å². The highest BCUT2D eigenvalue weighted by molar-refractivity contribution is 5.95. The van der Waals surface area contributed by atoms with Crippen LogP contribution in [0.4, 0.5) is 18.9 Å². The normalized spacial score (nSPS) is 32.9. The maximum Gasteiger partial charge on any atom is 0.573 e. The molecule has 9 heteroatoms. The minimum atomic E-state index is -4.74. The van der Waals surface area contributed by atoms with Gasteiger partial charge >= 0.3 is 6.36 Å². The molecule has 1 N–H and O–H groups in total. The second-order valence-electron chi connectivity index (χ2n) is 8.83. The Bertz CT molecular complexity index is 897. The van der Waals surface area contributed by atoms with Crippen LogP contribution < -0.4 is 10.1 Å². The first-order chi connectivity index (χ1) is 13.8. The van der Waals surface area contributed by atoms with Crippen LogP contribution in [0.1, 0.15) is 38.5 Å². The van der Waals surface area contributed by atoms with Gasteiger partial charge in [-0.3, -0.25) is 4.79 Å². The van der Waals surface area contributed by atoms with E-state index >= 15 is 0 Å². The van der Waals surface area contributed by atoms with Gasteiger partial charge in [0, 0.05) is 5.69 Å². The van der Waals surface area contributed by atoms with Crippen molar-refractivity contribution in [1.29, 1.82) is 0 Å². The summed E-state index contributed by atoms with van der Waals surface area (Å²) in [6.07, 6.45) is 4.15. The topological polar surface area (TPSA) is 69.0 Å². The number of nitrogens with zero attached hydrogens (tertiary/aromatic N) is 3. The second-order valence-corrected chi connectivity index (χ2v) is 8.83. The third-order valence-corrected chi connectivity index (χ3v) is 6.76. The van der Waals surface area contributed by atoms with Gasteiger partial charge < -0.3 is 10.1 Å². The van der Waals surface area contributed by atoms with E-state index in [9.17, 15) is 18.0 Å². The average molecular weight is 406 g/mol. The van der Waals surface area contributed by atoms with E-state index in [2.05, 4.69) is 20.1 Å². The lowest BCUT2D eigenvalue weighted by Gasteiger charge is -2.60. The minimum absolute atomic E-state index is 0.0550. The Hall–Kier alpha value is -2.58. The number of benzene rings is 1. The number of carbonyl (C=O) groups is 1. The molecule has 4 bridgehead atoms. The van der Waals surface area contributed by atoms with Crippen LogP contribution in [0, 0.1) is 17.3 Å². The SMILES string of the molecule is O=C(Nc1ccc(OC(F)(F)F)cc1)C12CC3CC(C1)CC(n1cncn1)(C3)C2. The van der Waals surface area contributed by atoms with Gasteiger partial charge in [0.1, 0.15) is 18.4 Å². The van der Waals surface area contributed by atoms with E-state index in [0.717, 1.165) is 38.5 Å². The van der Waals surface area contributed by atoms with Crippen LogP contribution in [0.3, 0.4) is 0 Å². The number of nitrogens with one attached hydrogen (secondary N) is 1. The first-order valence-corrected chi connectivity index (χ1v) is 9.78. The van der Waals surface area contributed by atoms with Crippen molar-refractivity contribution in [1.82, 2.24) is 14.8 Å². The molecule has 29 heavy (non-hydrogen) atoms. The number of hydrogen-bond acceptors (Lipinski definition) is 4. The van der Waals surface area contributed by atoms with E-state index in [1.807, 2.05) is 4.68 Å². The lowest BCUT2D eigenvalue weighted by atomic mass is 9.46. The third kappa shape index (κ3) is 3.26. The van der Waals surface area contributed by atoms with E-state index in [1.165, 1.54) is 30.6 Å². The monoisotopic (exact) mass is 406 g/mol. The molecule has 1 aromatic carbocycles. The summed E-state index contributed by atoms with van der Waals surface area (Å²) >= 11 is 0. The van der Waals surface area contributed by atoms with Crippen molar-refractivity contribution < 1.29 is 22.7 Å². The summed E-state index contributed by atoms with van der Waals surface area (Å²) in [6.45, 7) is 0. The average Bonchev–Trinajstić information content (AvgIpc) is 3.17. The number of rotatable bonds is 4. The second kappa shape index (κ2) is 6.21. The Morgan fingerprint density at radius 3 is 2.41 bits per heavy atom. The number of ether oxygens (including phenoxy) is 1. The maximum absolute atomic E-state index is 13.3. The molecule has 1 heterocycles. The minimum Gasteiger partial charge on any atom is -0.406 e. The van der Waals surface area contributed by atoms with Gasteiger partial charge in [0.05, 0.1) is 11.0 Å². The van der Waals surface area contributed by atoms with E-state index in [0.29, 0.717) is 17.5 Å². The first kappa shape index (κ1) is 18.4. The van der Waals surface area contributed by atoms with Gasteiger partial charge in [0.25, 0.3) is 0 Å². The van der Waals surface area contributed by atoms with Crippen molar-refractivity contribution in [3.8, 4) is 5.75 Å². The van der Waals surface area contributed by atoms with Crippen LogP contribution in [0.25, 0.3) is 0 Å². The molecule has 2 unspecified atom stereocenters. The zero-order valence-corrected chi connectivity index (χ0v) is 15.7. The summed E-state index contributed by atoms with van der Waals surface area (Å²) in [5.41, 5.74) is -0.172. The molecule has 1 amide bonds. The molecule has 0 saturated heterocycles. The van der Waals surface area contributed by atoms with Crippen LogP contribution in [0.2, 0.25) is 0 Å². The van der Waals surface area contributed by atoms with Crippen LogP contribution in [0.15, 0.2) is 36.9 Å². The molecule has 6 rings (SSSR count). The summed E-state index contributed by atoms with van der Waals surface area (Å²) in [5.74, 6) is 0.596. The summed E-state index contributed by atoms with van der Waals surface area (Å²) in [4.78, 5) is 17.4. The highest BCUT2D eigenvalue weighted by Gasteiger charge is 2.61. The molecule has 0 radical (unpaired) electrons. The summed E-state index contributed by atoms with van der Waals surface area (Å²) in [6, 6.07) is 5.29. The van der Waals surface area contributed by atoms with Gasteiger partial charge in [-0.25, -0.2) is 9.67 Å². The molecular weight excluding hydrogens is 385 g/mol. The largest absolute Gasteiger partial charge is 0.573 e. The molecule has 2 aromatic rings. The van der Waals surface area contributed by atoms with Crippen molar-refractivity contribution in [2.45, 2.75) is 50.4 Å². The molecule has 4 fully saturated rings. The van der Waals surface area contributed by atoms with Crippen LogP contribution in [0.5, 0.6) is 5.75 Å². The molecule has 0 aliphatic heterocycles. The first-order valence-electron chi connectivity index (χ1n) is 9.78. The maximum atomic E-state index is 13.3. The van der Waals surface area contributed by atoms with Crippen LogP contribution in [-0.4, -0.2) is 27.0 Å². The lowest BCUT2D eigenvalue weighted by molar-refractivity contribution is -0.274. The molecule has 4 aliphatic carbocycles. The fourth-order valence-electron chi connectivity index (χ4n) is 6.20. The number of alkyl halides is 3. The zero-order chi connectivity index (χ0) is 20.3. The molecule has 154 valence electrons. The smallest absolute Gasteiger partial charge is 0.406 e. The lowest BCUT2D eigenvalue weighted by Crippen LogP contribution is -2.60. The summed E-state index contributed by atoms with van der Waals surface area (Å²) < 4.78 is 42.8. The molecule has 1 aromatic heterocycles. The molecule has 0 spiro atoms. The fraction of sp³-hybridized carbons (Fsp3) is 0.550. The highest BCUT2D eigenvalue weighted by atomic mass is 19.4. The Kier molecular flexibility index (Phi) is 3.95. The number of amides is 1. The summed E-state index contributed by atoms with van der Waals surface area (Å²) in [5, 5.41) is 7.32. The third-order valence-electron chi connectivity index (χ3n) is 6.76. The predicted octanol–water partition coefficient (Wildman–Crippen LogP) is 4.11. The summed E-state index contributed by atoms with van der Waals surface area (Å²) in [7, 11) is 0. The van der Waals surface area contributed by atoms with E-state index in [1.54, 1.807) is 6.33 Å². The quantitative estimate of drug-likeness (QED) is 0.830. The van der Waals surface area contributed by atoms with E-state index in [4.69, 9.17) is 0 Å². The van der Waals surface area contributed by atoms with Crippen molar-refractivity contribution in [3.05, 3.63) is 36.9 Å². The number of carbonyl (C=O) groups excluding carboxylic acids is 1. The number of aromatic nitrogens is 3. The molecular formula is C20H21F3N4O2. The number of anilines is 1. The van der Waals surface area contributed by atoms with Gasteiger partial charge in [0.15, 0.2) is 0 Å². The molecule has 4 aliphatic rings. The Morgan fingerprint density at radius 2 is 1.83 bits per heavy atom. The van der Waals surface area contributed by atoms with E-state index < -0.39 is 11.8 Å². The zero-order valence-electron chi connectivity index (χ0n) is 15.7. The molecule has 6 nitrogen and oxygen atoms in total. The van der Waals surface area contributed by atoms with Crippen molar-refractivity contribution >= 4 is 11.6 Å². The molecule has 4 saturated carbocycles. The number of halogens is 3. The van der Waals surface area contributed by atoms with Crippen molar-refractivity contribution in [2.75, 3.05) is 5.32 Å². The Balaban J connectivity index is 1.36. The Labute approximate surface area is 165 Å². The predicted molar refractivity (Wildman–Crippen MR) is 96.9 cm³/mol. The van der Waals surface area contributed by atoms with Crippen molar-refractivity contribution in [2.24, 2.45) is 17.3 Å². The van der Waals surface area contributed by atoms with Gasteiger partial charge in [0.2, 0.25) is 5.91 Å². The van der Waals surface area contributed by atoms with Gasteiger partial charge in [-0.2, -0.15) is 5.10 Å². The molecule has 2 atom stereocenters. The highest BCUT2D eigenvalue weighted by Crippen LogP contribution is 2.64. The van der Waals surface area contributed by atoms with Gasteiger partial charge in [-0.15, -0.1) is 13.2 Å². The van der Waals surface area contributed by atoms with Crippen molar-refractivity contribution in [3.63, 3.8) is 0 Å².